The Morgan fingerprint density at radius 1 is 1.22 bits per heavy atom. The SMILES string of the molecule is CCOC(c1ccccc1)C(OC)(C(N)=O)N(C)c1nc2ccccc2o1. The summed E-state index contributed by atoms with van der Waals surface area (Å²) in [6, 6.07) is 16.9. The van der Waals surface area contributed by atoms with Crippen molar-refractivity contribution in [2.45, 2.75) is 18.8 Å². The maximum atomic E-state index is 12.7. The molecule has 142 valence electrons. The minimum absolute atomic E-state index is 0.206. The van der Waals surface area contributed by atoms with E-state index in [-0.39, 0.29) is 6.01 Å². The molecule has 0 saturated carbocycles. The molecule has 0 spiro atoms. The molecule has 3 aromatic rings. The molecule has 1 aromatic heterocycles. The van der Waals surface area contributed by atoms with Crippen LogP contribution in [-0.4, -0.2) is 37.4 Å². The van der Waals surface area contributed by atoms with Crippen LogP contribution in [0.3, 0.4) is 0 Å². The first-order chi connectivity index (χ1) is 13.0. The van der Waals surface area contributed by atoms with E-state index in [0.717, 1.165) is 5.56 Å². The number of para-hydroxylation sites is 2. The summed E-state index contributed by atoms with van der Waals surface area (Å²) in [6.07, 6.45) is -0.786. The predicted octanol–water partition coefficient (Wildman–Crippen LogP) is 2.87. The van der Waals surface area contributed by atoms with Gasteiger partial charge in [-0.15, -0.1) is 0 Å². The van der Waals surface area contributed by atoms with Crippen molar-refractivity contribution in [1.29, 1.82) is 0 Å². The van der Waals surface area contributed by atoms with Crippen LogP contribution in [-0.2, 0) is 14.3 Å². The van der Waals surface area contributed by atoms with Crippen molar-refractivity contribution in [3.8, 4) is 0 Å². The number of methoxy groups -OCH3 is 1. The number of rotatable bonds is 8. The molecule has 1 amide bonds. The fourth-order valence-corrected chi connectivity index (χ4v) is 3.19. The zero-order chi connectivity index (χ0) is 19.4. The molecule has 0 fully saturated rings. The first-order valence-corrected chi connectivity index (χ1v) is 8.65. The van der Waals surface area contributed by atoms with Gasteiger partial charge in [-0.25, -0.2) is 0 Å². The minimum Gasteiger partial charge on any atom is -0.423 e. The highest BCUT2D eigenvalue weighted by molar-refractivity contribution is 5.88. The Labute approximate surface area is 157 Å². The van der Waals surface area contributed by atoms with E-state index in [2.05, 4.69) is 4.98 Å². The lowest BCUT2D eigenvalue weighted by Gasteiger charge is -2.42. The Bertz CT molecular complexity index is 879. The number of hydrogen-bond donors (Lipinski definition) is 1. The monoisotopic (exact) mass is 369 g/mol. The Morgan fingerprint density at radius 3 is 2.48 bits per heavy atom. The molecule has 0 bridgehead atoms. The van der Waals surface area contributed by atoms with Gasteiger partial charge in [-0.05, 0) is 24.6 Å². The fraction of sp³-hybridized carbons (Fsp3) is 0.300. The summed E-state index contributed by atoms with van der Waals surface area (Å²) in [6.45, 7) is 2.20. The Balaban J connectivity index is 2.13. The molecule has 2 N–H and O–H groups in total. The van der Waals surface area contributed by atoms with Gasteiger partial charge in [0.05, 0.1) is 0 Å². The van der Waals surface area contributed by atoms with E-state index >= 15 is 0 Å². The van der Waals surface area contributed by atoms with Crippen LogP contribution in [0.2, 0.25) is 0 Å². The predicted molar refractivity (Wildman–Crippen MR) is 102 cm³/mol. The zero-order valence-corrected chi connectivity index (χ0v) is 15.6. The molecule has 27 heavy (non-hydrogen) atoms. The number of anilines is 1. The molecule has 2 atom stereocenters. The molecule has 7 nitrogen and oxygen atoms in total. The van der Waals surface area contributed by atoms with Crippen molar-refractivity contribution in [2.24, 2.45) is 5.73 Å². The summed E-state index contributed by atoms with van der Waals surface area (Å²) in [4.78, 5) is 18.6. The second kappa shape index (κ2) is 7.77. The second-order valence-corrected chi connectivity index (χ2v) is 6.03. The molecule has 0 radical (unpaired) electrons. The number of nitrogens with zero attached hydrogens (tertiary/aromatic N) is 2. The van der Waals surface area contributed by atoms with Crippen molar-refractivity contribution in [1.82, 2.24) is 4.98 Å². The van der Waals surface area contributed by atoms with E-state index in [1.807, 2.05) is 55.5 Å². The number of primary amides is 1. The van der Waals surface area contributed by atoms with Gasteiger partial charge in [0, 0.05) is 20.8 Å². The summed E-state index contributed by atoms with van der Waals surface area (Å²) in [5.41, 5.74) is 6.19. The third kappa shape index (κ3) is 3.27. The molecule has 2 unspecified atom stereocenters. The number of likely N-dealkylation sites (N-methyl/N-ethyl adjacent to an activating group) is 1. The highest BCUT2D eigenvalue weighted by Crippen LogP contribution is 2.38. The topological polar surface area (TPSA) is 90.8 Å². The molecule has 1 heterocycles. The number of carbonyl (C=O) groups excluding carboxylic acids is 1. The standard InChI is InChI=1S/C20H23N3O4/c1-4-26-17(14-10-6-5-7-11-14)20(25-3,18(21)24)23(2)19-22-15-12-8-9-13-16(15)27-19/h5-13,17H,4H2,1-3H3,(H2,21,24). The number of amides is 1. The van der Waals surface area contributed by atoms with Crippen LogP contribution in [0.4, 0.5) is 6.01 Å². The van der Waals surface area contributed by atoms with E-state index in [0.29, 0.717) is 17.7 Å². The highest BCUT2D eigenvalue weighted by atomic mass is 16.6. The summed E-state index contributed by atoms with van der Waals surface area (Å²) in [7, 11) is 3.06. The molecular weight excluding hydrogens is 346 g/mol. The molecule has 7 heteroatoms. The van der Waals surface area contributed by atoms with Crippen LogP contribution in [0.1, 0.15) is 18.6 Å². The Morgan fingerprint density at radius 2 is 1.89 bits per heavy atom. The van der Waals surface area contributed by atoms with Gasteiger partial charge in [0.1, 0.15) is 11.6 Å². The number of aromatic nitrogens is 1. The quantitative estimate of drug-likeness (QED) is 0.614. The number of fused-ring (bicyclic) bond motifs is 1. The van der Waals surface area contributed by atoms with Crippen LogP contribution in [0.5, 0.6) is 0 Å². The van der Waals surface area contributed by atoms with Crippen LogP contribution in [0, 0.1) is 0 Å². The summed E-state index contributed by atoms with van der Waals surface area (Å²) in [5, 5.41) is 0. The number of nitrogens with two attached hydrogens (primary N) is 1. The van der Waals surface area contributed by atoms with E-state index < -0.39 is 17.7 Å². The third-order valence-corrected chi connectivity index (χ3v) is 4.52. The molecular formula is C20H23N3O4. The summed E-state index contributed by atoms with van der Waals surface area (Å²) >= 11 is 0. The van der Waals surface area contributed by atoms with Crippen molar-refractivity contribution in [3.63, 3.8) is 0 Å². The van der Waals surface area contributed by atoms with Crippen LogP contribution < -0.4 is 10.6 Å². The first kappa shape index (κ1) is 18.9. The molecule has 2 aromatic carbocycles. The maximum Gasteiger partial charge on any atom is 0.300 e. The van der Waals surface area contributed by atoms with Gasteiger partial charge in [-0.1, -0.05) is 42.5 Å². The average molecular weight is 369 g/mol. The fourth-order valence-electron chi connectivity index (χ4n) is 3.19. The Kier molecular flexibility index (Phi) is 5.43. The summed E-state index contributed by atoms with van der Waals surface area (Å²) in [5.74, 6) is -0.711. The number of oxazole rings is 1. The van der Waals surface area contributed by atoms with Crippen molar-refractivity contribution < 1.29 is 18.7 Å². The van der Waals surface area contributed by atoms with Crippen LogP contribution in [0.25, 0.3) is 11.1 Å². The van der Waals surface area contributed by atoms with Gasteiger partial charge >= 0.3 is 6.01 Å². The first-order valence-electron chi connectivity index (χ1n) is 8.65. The molecule has 0 aliphatic heterocycles. The second-order valence-electron chi connectivity index (χ2n) is 6.03. The summed E-state index contributed by atoms with van der Waals surface area (Å²) < 4.78 is 17.5. The van der Waals surface area contributed by atoms with Crippen LogP contribution in [0.15, 0.2) is 59.0 Å². The van der Waals surface area contributed by atoms with Gasteiger partial charge in [0.25, 0.3) is 11.6 Å². The van der Waals surface area contributed by atoms with E-state index in [9.17, 15) is 4.79 Å². The lowest BCUT2D eigenvalue weighted by Crippen LogP contribution is -2.62. The van der Waals surface area contributed by atoms with Crippen molar-refractivity contribution >= 4 is 23.0 Å². The van der Waals surface area contributed by atoms with E-state index in [1.54, 1.807) is 13.1 Å². The maximum absolute atomic E-state index is 12.7. The number of benzene rings is 2. The largest absolute Gasteiger partial charge is 0.423 e. The van der Waals surface area contributed by atoms with Gasteiger partial charge < -0.3 is 19.6 Å². The molecule has 0 saturated heterocycles. The van der Waals surface area contributed by atoms with Gasteiger partial charge in [-0.2, -0.15) is 4.98 Å². The lowest BCUT2D eigenvalue weighted by atomic mass is 9.96. The van der Waals surface area contributed by atoms with Crippen molar-refractivity contribution in [2.75, 3.05) is 25.7 Å². The average Bonchev–Trinajstić information content (AvgIpc) is 3.12. The van der Waals surface area contributed by atoms with Gasteiger partial charge in [-0.3, -0.25) is 9.69 Å². The normalized spacial score (nSPS) is 14.6. The van der Waals surface area contributed by atoms with E-state index in [4.69, 9.17) is 19.6 Å². The lowest BCUT2D eigenvalue weighted by molar-refractivity contribution is -0.164. The molecule has 3 rings (SSSR count). The zero-order valence-electron chi connectivity index (χ0n) is 15.6. The minimum atomic E-state index is -1.65. The molecule has 0 aliphatic carbocycles. The number of ether oxygens (including phenoxy) is 2. The number of carbonyl (C=O) groups is 1. The van der Waals surface area contributed by atoms with Gasteiger partial charge in [0.2, 0.25) is 0 Å². The van der Waals surface area contributed by atoms with E-state index in [1.165, 1.54) is 12.0 Å². The highest BCUT2D eigenvalue weighted by Gasteiger charge is 2.52. The Hall–Kier alpha value is -2.90. The van der Waals surface area contributed by atoms with Gasteiger partial charge in [0.15, 0.2) is 5.58 Å². The van der Waals surface area contributed by atoms with Crippen LogP contribution >= 0.6 is 0 Å². The number of hydrogen-bond acceptors (Lipinski definition) is 6. The smallest absolute Gasteiger partial charge is 0.300 e. The molecule has 0 aliphatic rings. The third-order valence-electron chi connectivity index (χ3n) is 4.52. The van der Waals surface area contributed by atoms with Crippen molar-refractivity contribution in [3.05, 3.63) is 60.2 Å².